The van der Waals surface area contributed by atoms with Crippen molar-refractivity contribution in [1.29, 1.82) is 0 Å². The Hall–Kier alpha value is -0.970. The van der Waals surface area contributed by atoms with Crippen LogP contribution in [0.4, 0.5) is 5.69 Å². The lowest BCUT2D eigenvalue weighted by atomic mass is 10.3. The van der Waals surface area contributed by atoms with Crippen molar-refractivity contribution in [1.82, 2.24) is 5.32 Å². The minimum Gasteiger partial charge on any atom is -0.495 e. The first kappa shape index (κ1) is 15.0. The minimum absolute atomic E-state index is 0. The first-order valence-corrected chi connectivity index (χ1v) is 4.83. The number of carbonyl (C=O) groups is 1. The van der Waals surface area contributed by atoms with E-state index in [1.54, 1.807) is 25.2 Å². The molecule has 1 aromatic carbocycles. The number of anilines is 1. The van der Waals surface area contributed by atoms with Gasteiger partial charge >= 0.3 is 0 Å². The molecular formula is C10H14Cl2N2O2. The van der Waals surface area contributed by atoms with Crippen LogP contribution >= 0.6 is 24.0 Å². The Balaban J connectivity index is 0.00000225. The van der Waals surface area contributed by atoms with Crippen molar-refractivity contribution in [2.45, 2.75) is 0 Å². The summed E-state index contributed by atoms with van der Waals surface area (Å²) in [6.07, 6.45) is 0. The van der Waals surface area contributed by atoms with E-state index in [9.17, 15) is 4.79 Å². The quantitative estimate of drug-likeness (QED) is 0.874. The Labute approximate surface area is 106 Å². The number of rotatable bonds is 4. The largest absolute Gasteiger partial charge is 0.495 e. The third-order valence-electron chi connectivity index (χ3n) is 1.77. The molecule has 1 amide bonds. The van der Waals surface area contributed by atoms with Gasteiger partial charge in [0.15, 0.2) is 0 Å². The SMILES string of the molecule is CNCC(=O)Nc1ccc(Cl)c(OC)c1.Cl. The molecule has 0 aliphatic heterocycles. The average Bonchev–Trinajstić information content (AvgIpc) is 2.21. The van der Waals surface area contributed by atoms with Gasteiger partial charge in [0.25, 0.3) is 0 Å². The molecule has 0 saturated heterocycles. The van der Waals surface area contributed by atoms with Crippen LogP contribution in [0.25, 0.3) is 0 Å². The minimum atomic E-state index is -0.109. The highest BCUT2D eigenvalue weighted by Crippen LogP contribution is 2.27. The van der Waals surface area contributed by atoms with Crippen LogP contribution < -0.4 is 15.4 Å². The van der Waals surface area contributed by atoms with Crippen molar-refractivity contribution < 1.29 is 9.53 Å². The van der Waals surface area contributed by atoms with Crippen LogP contribution in [0.1, 0.15) is 0 Å². The van der Waals surface area contributed by atoms with E-state index in [1.807, 2.05) is 0 Å². The van der Waals surface area contributed by atoms with Crippen LogP contribution in [-0.4, -0.2) is 26.6 Å². The Morgan fingerprint density at radius 1 is 1.50 bits per heavy atom. The zero-order valence-corrected chi connectivity index (χ0v) is 10.6. The maximum absolute atomic E-state index is 11.2. The van der Waals surface area contributed by atoms with Crippen molar-refractivity contribution >= 4 is 35.6 Å². The Morgan fingerprint density at radius 2 is 2.19 bits per heavy atom. The number of hydrogen-bond donors (Lipinski definition) is 2. The third-order valence-corrected chi connectivity index (χ3v) is 2.08. The van der Waals surface area contributed by atoms with Crippen molar-refractivity contribution in [3.63, 3.8) is 0 Å². The molecule has 0 fully saturated rings. The standard InChI is InChI=1S/C10H13ClN2O2.ClH/c1-12-6-10(14)13-7-3-4-8(11)9(5-7)15-2;/h3-5,12H,6H2,1-2H3,(H,13,14);1H. The summed E-state index contributed by atoms with van der Waals surface area (Å²) in [7, 11) is 3.24. The fraction of sp³-hybridized carbons (Fsp3) is 0.300. The molecule has 0 atom stereocenters. The fourth-order valence-corrected chi connectivity index (χ4v) is 1.30. The van der Waals surface area contributed by atoms with Gasteiger partial charge in [0.2, 0.25) is 5.91 Å². The second-order valence-electron chi connectivity index (χ2n) is 2.93. The number of benzene rings is 1. The summed E-state index contributed by atoms with van der Waals surface area (Å²) >= 11 is 5.84. The van der Waals surface area contributed by atoms with Gasteiger partial charge in [0.05, 0.1) is 18.7 Å². The number of likely N-dealkylation sites (N-methyl/N-ethyl adjacent to an activating group) is 1. The molecule has 2 N–H and O–H groups in total. The van der Waals surface area contributed by atoms with Crippen LogP contribution in [-0.2, 0) is 4.79 Å². The summed E-state index contributed by atoms with van der Waals surface area (Å²) in [6.45, 7) is 0.269. The monoisotopic (exact) mass is 264 g/mol. The Kier molecular flexibility index (Phi) is 6.88. The molecule has 0 aliphatic rings. The van der Waals surface area contributed by atoms with Crippen molar-refractivity contribution in [2.24, 2.45) is 0 Å². The maximum atomic E-state index is 11.2. The highest BCUT2D eigenvalue weighted by Gasteiger charge is 2.04. The summed E-state index contributed by atoms with van der Waals surface area (Å²) in [5, 5.41) is 5.98. The van der Waals surface area contributed by atoms with Gasteiger partial charge in [-0.3, -0.25) is 4.79 Å². The van der Waals surface area contributed by atoms with Gasteiger partial charge in [-0.2, -0.15) is 0 Å². The summed E-state index contributed by atoms with van der Waals surface area (Å²) in [5.41, 5.74) is 0.663. The molecule has 0 heterocycles. The summed E-state index contributed by atoms with van der Waals surface area (Å²) in [5.74, 6) is 0.431. The predicted octanol–water partition coefficient (Wildman–Crippen LogP) is 1.93. The van der Waals surface area contributed by atoms with E-state index in [0.29, 0.717) is 16.5 Å². The van der Waals surface area contributed by atoms with Gasteiger partial charge in [0, 0.05) is 11.8 Å². The lowest BCUT2D eigenvalue weighted by molar-refractivity contribution is -0.115. The highest BCUT2D eigenvalue weighted by molar-refractivity contribution is 6.32. The molecule has 0 spiro atoms. The lowest BCUT2D eigenvalue weighted by Crippen LogP contribution is -2.24. The molecule has 90 valence electrons. The molecule has 1 rings (SSSR count). The zero-order chi connectivity index (χ0) is 11.3. The molecule has 0 saturated carbocycles. The van der Waals surface area contributed by atoms with E-state index in [-0.39, 0.29) is 24.9 Å². The van der Waals surface area contributed by atoms with Crippen LogP contribution in [0.3, 0.4) is 0 Å². The average molecular weight is 265 g/mol. The van der Waals surface area contributed by atoms with E-state index in [0.717, 1.165) is 0 Å². The number of halogens is 2. The normalized spacial score (nSPS) is 9.19. The predicted molar refractivity (Wildman–Crippen MR) is 67.8 cm³/mol. The summed E-state index contributed by atoms with van der Waals surface area (Å²) in [4.78, 5) is 11.2. The van der Waals surface area contributed by atoms with Crippen molar-refractivity contribution in [3.05, 3.63) is 23.2 Å². The van der Waals surface area contributed by atoms with E-state index < -0.39 is 0 Å². The maximum Gasteiger partial charge on any atom is 0.238 e. The molecule has 0 bridgehead atoms. The van der Waals surface area contributed by atoms with Crippen LogP contribution in [0.5, 0.6) is 5.75 Å². The number of carbonyl (C=O) groups excluding carboxylic acids is 1. The van der Waals surface area contributed by atoms with Crippen LogP contribution in [0, 0.1) is 0 Å². The Bertz CT molecular complexity index is 359. The number of nitrogens with one attached hydrogen (secondary N) is 2. The van der Waals surface area contributed by atoms with Gasteiger partial charge in [0.1, 0.15) is 5.75 Å². The number of amides is 1. The molecule has 0 aromatic heterocycles. The highest BCUT2D eigenvalue weighted by atomic mass is 35.5. The molecule has 4 nitrogen and oxygen atoms in total. The molecule has 16 heavy (non-hydrogen) atoms. The first-order chi connectivity index (χ1) is 7.17. The molecular weight excluding hydrogens is 251 g/mol. The van der Waals surface area contributed by atoms with E-state index in [2.05, 4.69) is 10.6 Å². The van der Waals surface area contributed by atoms with E-state index in [1.165, 1.54) is 7.11 Å². The number of hydrogen-bond acceptors (Lipinski definition) is 3. The topological polar surface area (TPSA) is 50.4 Å². The smallest absolute Gasteiger partial charge is 0.238 e. The fourth-order valence-electron chi connectivity index (χ4n) is 1.10. The lowest BCUT2D eigenvalue weighted by Gasteiger charge is -2.07. The van der Waals surface area contributed by atoms with Gasteiger partial charge in [-0.25, -0.2) is 0 Å². The molecule has 1 aromatic rings. The molecule has 0 aliphatic carbocycles. The van der Waals surface area contributed by atoms with Gasteiger partial charge in [-0.1, -0.05) is 11.6 Å². The van der Waals surface area contributed by atoms with Gasteiger partial charge in [-0.15, -0.1) is 12.4 Å². The zero-order valence-electron chi connectivity index (χ0n) is 9.04. The summed E-state index contributed by atoms with van der Waals surface area (Å²) in [6, 6.07) is 5.07. The number of methoxy groups -OCH3 is 1. The van der Waals surface area contributed by atoms with Crippen LogP contribution in [0.15, 0.2) is 18.2 Å². The third kappa shape index (κ3) is 4.26. The number of ether oxygens (including phenoxy) is 1. The van der Waals surface area contributed by atoms with E-state index >= 15 is 0 Å². The van der Waals surface area contributed by atoms with Gasteiger partial charge < -0.3 is 15.4 Å². The molecule has 6 heteroatoms. The Morgan fingerprint density at radius 3 is 2.75 bits per heavy atom. The van der Waals surface area contributed by atoms with Crippen molar-refractivity contribution in [2.75, 3.05) is 26.0 Å². The summed E-state index contributed by atoms with van der Waals surface area (Å²) < 4.78 is 5.03. The van der Waals surface area contributed by atoms with Crippen LogP contribution in [0.2, 0.25) is 5.02 Å². The second-order valence-corrected chi connectivity index (χ2v) is 3.34. The van der Waals surface area contributed by atoms with Crippen molar-refractivity contribution in [3.8, 4) is 5.75 Å². The van der Waals surface area contributed by atoms with Gasteiger partial charge in [-0.05, 0) is 19.2 Å². The molecule has 0 unspecified atom stereocenters. The first-order valence-electron chi connectivity index (χ1n) is 4.45. The van der Waals surface area contributed by atoms with E-state index in [4.69, 9.17) is 16.3 Å². The molecule has 0 radical (unpaired) electrons. The second kappa shape index (κ2) is 7.33.